The average molecular weight is 511 g/mol. The van der Waals surface area contributed by atoms with E-state index in [0.29, 0.717) is 22.2 Å². The normalized spacial score (nSPS) is 15.7. The van der Waals surface area contributed by atoms with Crippen LogP contribution >= 0.6 is 31.9 Å². The molecule has 1 aliphatic heterocycles. The van der Waals surface area contributed by atoms with E-state index < -0.39 is 6.04 Å². The number of anilines is 1. The summed E-state index contributed by atoms with van der Waals surface area (Å²) in [6.07, 6.45) is 0. The molecule has 4 aromatic rings. The second-order valence-electron chi connectivity index (χ2n) is 6.78. The topological polar surface area (TPSA) is 50.5 Å². The van der Waals surface area contributed by atoms with Crippen LogP contribution in [0.25, 0.3) is 11.0 Å². The molecule has 142 valence electrons. The highest BCUT2D eigenvalue weighted by Gasteiger charge is 2.43. The number of nitrogens with zero attached hydrogens (tertiary/aromatic N) is 1. The zero-order valence-electron chi connectivity index (χ0n) is 14.9. The summed E-state index contributed by atoms with van der Waals surface area (Å²) in [7, 11) is 0. The first-order chi connectivity index (χ1) is 14.0. The number of hydrogen-bond acceptors (Lipinski definition) is 3. The van der Waals surface area contributed by atoms with Crippen molar-refractivity contribution in [3.05, 3.63) is 109 Å². The predicted octanol–water partition coefficient (Wildman–Crippen LogP) is 6.07. The minimum Gasteiger partial charge on any atom is -0.450 e. The van der Waals surface area contributed by atoms with Crippen molar-refractivity contribution >= 4 is 54.4 Å². The fraction of sp³-hybridized carbons (Fsp3) is 0.0435. The molecule has 0 fully saturated rings. The largest absolute Gasteiger partial charge is 0.450 e. The maximum absolute atomic E-state index is 13.4. The molecule has 1 amide bonds. The van der Waals surface area contributed by atoms with E-state index in [0.717, 1.165) is 14.5 Å². The van der Waals surface area contributed by atoms with E-state index in [1.54, 1.807) is 29.2 Å². The highest BCUT2D eigenvalue weighted by Crippen LogP contribution is 2.41. The molecular formula is C23H13Br2NO3. The van der Waals surface area contributed by atoms with Crippen LogP contribution < -0.4 is 10.3 Å². The second kappa shape index (κ2) is 6.97. The minimum absolute atomic E-state index is 0.101. The van der Waals surface area contributed by atoms with Crippen LogP contribution in [0.1, 0.15) is 27.7 Å². The molecular weight excluding hydrogens is 498 g/mol. The van der Waals surface area contributed by atoms with Crippen molar-refractivity contribution in [3.8, 4) is 0 Å². The molecule has 1 aliphatic rings. The Morgan fingerprint density at radius 3 is 2.10 bits per heavy atom. The van der Waals surface area contributed by atoms with Crippen LogP contribution in [0.5, 0.6) is 0 Å². The van der Waals surface area contributed by atoms with Gasteiger partial charge in [0.2, 0.25) is 5.76 Å². The second-order valence-corrected chi connectivity index (χ2v) is 8.61. The van der Waals surface area contributed by atoms with Gasteiger partial charge in [-0.3, -0.25) is 14.5 Å². The standard InChI is InChI=1S/C23H13Br2NO3/c24-14-7-5-13(6-8-14)20-19-21(27)17-3-1-2-4-18(17)29-22(19)23(28)26(20)16-11-9-15(25)10-12-16/h1-12,20H. The first-order valence-electron chi connectivity index (χ1n) is 8.95. The van der Waals surface area contributed by atoms with Crippen molar-refractivity contribution in [2.24, 2.45) is 0 Å². The monoisotopic (exact) mass is 509 g/mol. The van der Waals surface area contributed by atoms with Gasteiger partial charge in [-0.25, -0.2) is 0 Å². The summed E-state index contributed by atoms with van der Waals surface area (Å²) in [4.78, 5) is 28.4. The van der Waals surface area contributed by atoms with Crippen LogP contribution in [0.15, 0.2) is 91.0 Å². The van der Waals surface area contributed by atoms with Gasteiger partial charge in [0.15, 0.2) is 5.43 Å². The molecule has 0 radical (unpaired) electrons. The summed E-state index contributed by atoms with van der Waals surface area (Å²) in [6.45, 7) is 0. The minimum atomic E-state index is -0.562. The number of benzene rings is 3. The Bertz CT molecular complexity index is 1310. The molecule has 1 atom stereocenters. The number of carbonyl (C=O) groups excluding carboxylic acids is 1. The molecule has 0 N–H and O–H groups in total. The van der Waals surface area contributed by atoms with Crippen molar-refractivity contribution < 1.29 is 9.21 Å². The van der Waals surface area contributed by atoms with Crippen molar-refractivity contribution in [3.63, 3.8) is 0 Å². The summed E-state index contributed by atoms with van der Waals surface area (Å²) in [5, 5.41) is 0.471. The Balaban J connectivity index is 1.81. The van der Waals surface area contributed by atoms with E-state index in [-0.39, 0.29) is 17.1 Å². The van der Waals surface area contributed by atoms with Crippen LogP contribution in [-0.4, -0.2) is 5.91 Å². The number of fused-ring (bicyclic) bond motifs is 2. The van der Waals surface area contributed by atoms with E-state index in [9.17, 15) is 9.59 Å². The number of para-hydroxylation sites is 1. The molecule has 6 heteroatoms. The fourth-order valence-corrected chi connectivity index (χ4v) is 4.28. The van der Waals surface area contributed by atoms with Crippen molar-refractivity contribution in [2.75, 3.05) is 4.90 Å². The lowest BCUT2D eigenvalue weighted by molar-refractivity contribution is 0.0971. The molecule has 0 saturated carbocycles. The highest BCUT2D eigenvalue weighted by molar-refractivity contribution is 9.10. The van der Waals surface area contributed by atoms with Gasteiger partial charge >= 0.3 is 0 Å². The maximum Gasteiger partial charge on any atom is 0.295 e. The molecule has 0 bridgehead atoms. The van der Waals surface area contributed by atoms with Gasteiger partial charge in [-0.15, -0.1) is 0 Å². The zero-order chi connectivity index (χ0) is 20.1. The lowest BCUT2D eigenvalue weighted by atomic mass is 9.98. The van der Waals surface area contributed by atoms with Crippen LogP contribution in [0, 0.1) is 0 Å². The molecule has 0 aliphatic carbocycles. The van der Waals surface area contributed by atoms with E-state index in [1.165, 1.54) is 0 Å². The molecule has 0 spiro atoms. The van der Waals surface area contributed by atoms with Gasteiger partial charge in [-0.1, -0.05) is 56.1 Å². The summed E-state index contributed by atoms with van der Waals surface area (Å²) in [5.74, 6) is -0.220. The lowest BCUT2D eigenvalue weighted by Gasteiger charge is -2.25. The van der Waals surface area contributed by atoms with Crippen molar-refractivity contribution in [1.29, 1.82) is 0 Å². The number of hydrogen-bond donors (Lipinski definition) is 0. The Kier molecular flexibility index (Phi) is 4.41. The van der Waals surface area contributed by atoms with E-state index >= 15 is 0 Å². The van der Waals surface area contributed by atoms with E-state index in [1.807, 2.05) is 48.5 Å². The zero-order valence-corrected chi connectivity index (χ0v) is 18.1. The van der Waals surface area contributed by atoms with Crippen LogP contribution in [0.3, 0.4) is 0 Å². The van der Waals surface area contributed by atoms with E-state index in [4.69, 9.17) is 4.42 Å². The Morgan fingerprint density at radius 1 is 0.793 bits per heavy atom. The number of halogens is 2. The Morgan fingerprint density at radius 2 is 1.41 bits per heavy atom. The van der Waals surface area contributed by atoms with Gasteiger partial charge in [0, 0.05) is 14.6 Å². The number of amides is 1. The quantitative estimate of drug-likeness (QED) is 0.329. The highest BCUT2D eigenvalue weighted by atomic mass is 79.9. The van der Waals surface area contributed by atoms with Crippen LogP contribution in [-0.2, 0) is 0 Å². The molecule has 0 saturated heterocycles. The van der Waals surface area contributed by atoms with Crippen molar-refractivity contribution in [2.45, 2.75) is 6.04 Å². The first kappa shape index (κ1) is 18.3. The van der Waals surface area contributed by atoms with Crippen LogP contribution in [0.2, 0.25) is 0 Å². The Hall–Kier alpha value is -2.70. The van der Waals surface area contributed by atoms with E-state index in [2.05, 4.69) is 31.9 Å². The lowest BCUT2D eigenvalue weighted by Crippen LogP contribution is -2.29. The number of rotatable bonds is 2. The summed E-state index contributed by atoms with van der Waals surface area (Å²) in [5.41, 5.74) is 2.14. The first-order valence-corrected chi connectivity index (χ1v) is 10.5. The third-order valence-electron chi connectivity index (χ3n) is 5.07. The van der Waals surface area contributed by atoms with Gasteiger partial charge in [-0.05, 0) is 54.1 Å². The fourth-order valence-electron chi connectivity index (χ4n) is 3.75. The van der Waals surface area contributed by atoms with Gasteiger partial charge in [0.1, 0.15) is 5.58 Å². The Labute approximate surface area is 183 Å². The van der Waals surface area contributed by atoms with Gasteiger partial charge < -0.3 is 4.42 Å². The molecule has 4 nitrogen and oxygen atoms in total. The van der Waals surface area contributed by atoms with Crippen molar-refractivity contribution in [1.82, 2.24) is 0 Å². The molecule has 1 unspecified atom stereocenters. The summed E-state index contributed by atoms with van der Waals surface area (Å²) >= 11 is 6.88. The third kappa shape index (κ3) is 2.94. The van der Waals surface area contributed by atoms with Gasteiger partial charge in [-0.2, -0.15) is 0 Å². The smallest absolute Gasteiger partial charge is 0.295 e. The summed E-state index contributed by atoms with van der Waals surface area (Å²) in [6, 6.07) is 21.5. The summed E-state index contributed by atoms with van der Waals surface area (Å²) < 4.78 is 7.77. The predicted molar refractivity (Wildman–Crippen MR) is 119 cm³/mol. The molecule has 2 heterocycles. The SMILES string of the molecule is O=C1c2oc3ccccc3c(=O)c2C(c2ccc(Br)cc2)N1c1ccc(Br)cc1. The molecule has 5 rings (SSSR count). The molecule has 29 heavy (non-hydrogen) atoms. The molecule has 1 aromatic heterocycles. The molecule has 3 aromatic carbocycles. The number of carbonyl (C=O) groups is 1. The third-order valence-corrected chi connectivity index (χ3v) is 6.13. The average Bonchev–Trinajstić information content (AvgIpc) is 3.02. The van der Waals surface area contributed by atoms with Crippen LogP contribution in [0.4, 0.5) is 5.69 Å². The van der Waals surface area contributed by atoms with Gasteiger partial charge in [0.05, 0.1) is 17.0 Å². The van der Waals surface area contributed by atoms with Gasteiger partial charge in [0.25, 0.3) is 5.91 Å². The maximum atomic E-state index is 13.4.